The molecule has 2 aliphatic carbocycles. The highest BCUT2D eigenvalue weighted by molar-refractivity contribution is 5.97. The van der Waals surface area contributed by atoms with E-state index >= 15 is 0 Å². The highest BCUT2D eigenvalue weighted by atomic mass is 15.2. The van der Waals surface area contributed by atoms with Crippen LogP contribution in [0.3, 0.4) is 0 Å². The van der Waals surface area contributed by atoms with Gasteiger partial charge in [0.15, 0.2) is 0 Å². The van der Waals surface area contributed by atoms with E-state index in [1.165, 1.54) is 83.8 Å². The summed E-state index contributed by atoms with van der Waals surface area (Å²) in [7, 11) is 0. The highest BCUT2D eigenvalue weighted by Crippen LogP contribution is 2.55. The number of anilines is 3. The predicted octanol–water partition coefficient (Wildman–Crippen LogP) is 7.50. The molecular weight excluding hydrogens is 424 g/mol. The van der Waals surface area contributed by atoms with Gasteiger partial charge >= 0.3 is 0 Å². The average Bonchev–Trinajstić information content (AvgIpc) is 3.47. The van der Waals surface area contributed by atoms with E-state index in [0.717, 1.165) is 25.7 Å². The molecule has 5 aromatic rings. The molecule has 2 aliphatic heterocycles. The highest BCUT2D eigenvalue weighted by Gasteiger charge is 2.36. The fraction of sp³-hybridized carbons (Fsp3) is 0.121. The number of nitrogens with zero attached hydrogens (tertiary/aromatic N) is 2. The monoisotopic (exact) mass is 446 g/mol. The van der Waals surface area contributed by atoms with Crippen molar-refractivity contribution in [3.63, 3.8) is 0 Å². The van der Waals surface area contributed by atoms with Gasteiger partial charge in [-0.3, -0.25) is 4.98 Å². The molecule has 0 atom stereocenters. The molecule has 4 aliphatic rings. The standard InChI is InChI=1S/C33H22N2/c1-2-7-25-19(4-1)16-27-26(25)10-8-21-15-22-9-11-29-28(32(22)31(21)27)17-24-6-3-5-23-14-20-12-13-34-18-30(20)35(29)33(23)24/h1-13,18H,14-17H2. The third-order valence-electron chi connectivity index (χ3n) is 8.62. The topological polar surface area (TPSA) is 16.1 Å². The number of hydrogen-bond acceptors (Lipinski definition) is 2. The summed E-state index contributed by atoms with van der Waals surface area (Å²) < 4.78 is 0. The van der Waals surface area contributed by atoms with Crippen LogP contribution in [-0.2, 0) is 25.7 Å². The molecule has 1 aromatic heterocycles. The summed E-state index contributed by atoms with van der Waals surface area (Å²) in [6.45, 7) is 0. The fourth-order valence-electron chi connectivity index (χ4n) is 7.21. The van der Waals surface area contributed by atoms with Crippen LogP contribution in [0, 0.1) is 0 Å². The normalized spacial score (nSPS) is 14.9. The first kappa shape index (κ1) is 18.2. The van der Waals surface area contributed by atoms with Crippen LogP contribution in [0.1, 0.15) is 44.5 Å². The van der Waals surface area contributed by atoms with E-state index in [1.807, 2.05) is 6.20 Å². The maximum Gasteiger partial charge on any atom is 0.0680 e. The number of hydrogen-bond donors (Lipinski definition) is 0. The average molecular weight is 447 g/mol. The van der Waals surface area contributed by atoms with Crippen LogP contribution in [0.5, 0.6) is 0 Å². The molecule has 3 heterocycles. The number of fused-ring (bicyclic) bond motifs is 12. The molecule has 0 spiro atoms. The molecular formula is C33H22N2. The molecule has 0 amide bonds. The number of rotatable bonds is 0. The zero-order chi connectivity index (χ0) is 22.7. The molecule has 0 fully saturated rings. The van der Waals surface area contributed by atoms with Gasteiger partial charge in [0.05, 0.1) is 23.3 Å². The van der Waals surface area contributed by atoms with Crippen molar-refractivity contribution in [2.45, 2.75) is 25.7 Å². The van der Waals surface area contributed by atoms with Gasteiger partial charge in [-0.1, -0.05) is 60.7 Å². The molecule has 164 valence electrons. The summed E-state index contributed by atoms with van der Waals surface area (Å²) in [5, 5.41) is 0. The maximum atomic E-state index is 4.53. The molecule has 9 rings (SSSR count). The van der Waals surface area contributed by atoms with Crippen LogP contribution in [0.4, 0.5) is 17.1 Å². The van der Waals surface area contributed by atoms with E-state index in [0.29, 0.717) is 0 Å². The lowest BCUT2D eigenvalue weighted by molar-refractivity contribution is 1.00. The summed E-state index contributed by atoms with van der Waals surface area (Å²) in [4.78, 5) is 7.04. The van der Waals surface area contributed by atoms with Gasteiger partial charge in [0.1, 0.15) is 0 Å². The first-order chi connectivity index (χ1) is 17.3. The second-order valence-corrected chi connectivity index (χ2v) is 10.4. The Hall–Kier alpha value is -4.17. The minimum Gasteiger partial charge on any atom is -0.308 e. The van der Waals surface area contributed by atoms with Gasteiger partial charge < -0.3 is 4.90 Å². The number of pyridine rings is 1. The van der Waals surface area contributed by atoms with Crippen molar-refractivity contribution in [3.05, 3.63) is 130 Å². The van der Waals surface area contributed by atoms with Crippen LogP contribution >= 0.6 is 0 Å². The lowest BCUT2D eigenvalue weighted by Crippen LogP contribution is -2.25. The third-order valence-corrected chi connectivity index (χ3v) is 8.62. The predicted molar refractivity (Wildman–Crippen MR) is 141 cm³/mol. The Morgan fingerprint density at radius 3 is 2.20 bits per heavy atom. The Morgan fingerprint density at radius 2 is 1.26 bits per heavy atom. The summed E-state index contributed by atoms with van der Waals surface area (Å²) in [5.74, 6) is 0. The minimum atomic E-state index is 0.979. The summed E-state index contributed by atoms with van der Waals surface area (Å²) >= 11 is 0. The lowest BCUT2D eigenvalue weighted by atomic mass is 9.83. The van der Waals surface area contributed by atoms with Crippen molar-refractivity contribution in [1.29, 1.82) is 0 Å². The first-order valence-electron chi connectivity index (χ1n) is 12.6. The van der Waals surface area contributed by atoms with E-state index in [9.17, 15) is 0 Å². The molecule has 0 bridgehead atoms. The van der Waals surface area contributed by atoms with Crippen LogP contribution in [0.25, 0.3) is 22.3 Å². The van der Waals surface area contributed by atoms with Crippen LogP contribution in [0.2, 0.25) is 0 Å². The van der Waals surface area contributed by atoms with Crippen LogP contribution in [-0.4, -0.2) is 4.98 Å². The second-order valence-electron chi connectivity index (χ2n) is 10.4. The van der Waals surface area contributed by atoms with Gasteiger partial charge in [-0.15, -0.1) is 0 Å². The minimum absolute atomic E-state index is 0.979. The Labute approximate surface area is 204 Å². The van der Waals surface area contributed by atoms with Gasteiger partial charge in [0.25, 0.3) is 0 Å². The molecule has 0 saturated heterocycles. The Kier molecular flexibility index (Phi) is 3.27. The van der Waals surface area contributed by atoms with Gasteiger partial charge in [0, 0.05) is 19.0 Å². The quantitative estimate of drug-likeness (QED) is 0.240. The molecule has 2 heteroatoms. The van der Waals surface area contributed by atoms with Gasteiger partial charge in [-0.2, -0.15) is 0 Å². The molecule has 0 unspecified atom stereocenters. The fourth-order valence-corrected chi connectivity index (χ4v) is 7.21. The number of para-hydroxylation sites is 1. The smallest absolute Gasteiger partial charge is 0.0680 e. The zero-order valence-corrected chi connectivity index (χ0v) is 19.3. The van der Waals surface area contributed by atoms with Crippen LogP contribution in [0.15, 0.2) is 85.2 Å². The second kappa shape index (κ2) is 6.28. The zero-order valence-electron chi connectivity index (χ0n) is 19.3. The summed E-state index contributed by atoms with van der Waals surface area (Å²) in [6, 6.07) is 27.5. The molecule has 2 nitrogen and oxygen atoms in total. The van der Waals surface area contributed by atoms with Crippen molar-refractivity contribution in [1.82, 2.24) is 4.98 Å². The van der Waals surface area contributed by atoms with E-state index in [2.05, 4.69) is 88.9 Å². The van der Waals surface area contributed by atoms with Gasteiger partial charge in [-0.05, 0) is 91.7 Å². The van der Waals surface area contributed by atoms with E-state index < -0.39 is 0 Å². The van der Waals surface area contributed by atoms with Gasteiger partial charge in [0.2, 0.25) is 0 Å². The van der Waals surface area contributed by atoms with Crippen molar-refractivity contribution >= 4 is 17.1 Å². The molecule has 0 radical (unpaired) electrons. The number of benzene rings is 4. The van der Waals surface area contributed by atoms with Crippen molar-refractivity contribution in [2.24, 2.45) is 0 Å². The third kappa shape index (κ3) is 2.23. The van der Waals surface area contributed by atoms with Crippen molar-refractivity contribution in [2.75, 3.05) is 4.90 Å². The summed E-state index contributed by atoms with van der Waals surface area (Å²) in [5.41, 5.74) is 21.4. The SMILES string of the molecule is c1ccc2c(c1)Cc1c-2ccc2c1-c1c(ccc3c1Cc1cccc4c1N3c1cnccc1C4)C2. The van der Waals surface area contributed by atoms with E-state index in [-0.39, 0.29) is 0 Å². The van der Waals surface area contributed by atoms with Crippen LogP contribution < -0.4 is 4.90 Å². The summed E-state index contributed by atoms with van der Waals surface area (Å²) in [6.07, 6.45) is 8.02. The van der Waals surface area contributed by atoms with E-state index in [1.54, 1.807) is 0 Å². The molecule has 35 heavy (non-hydrogen) atoms. The number of aromatic nitrogens is 1. The van der Waals surface area contributed by atoms with Crippen molar-refractivity contribution < 1.29 is 0 Å². The maximum absolute atomic E-state index is 4.53. The lowest BCUT2D eigenvalue weighted by Gasteiger charge is -2.39. The largest absolute Gasteiger partial charge is 0.308 e. The Balaban J connectivity index is 1.33. The molecule has 4 aromatic carbocycles. The Bertz CT molecular complexity index is 1760. The van der Waals surface area contributed by atoms with Crippen molar-refractivity contribution in [3.8, 4) is 22.3 Å². The Morgan fingerprint density at radius 1 is 0.514 bits per heavy atom. The molecule has 0 N–H and O–H groups in total. The molecule has 0 saturated carbocycles. The van der Waals surface area contributed by atoms with Gasteiger partial charge in [-0.25, -0.2) is 0 Å². The first-order valence-corrected chi connectivity index (χ1v) is 12.6. The van der Waals surface area contributed by atoms with E-state index in [4.69, 9.17) is 0 Å².